The molecule has 0 atom stereocenters. The molecule has 2 N–H and O–H groups in total. The summed E-state index contributed by atoms with van der Waals surface area (Å²) in [5.74, 6) is 0.893. The van der Waals surface area contributed by atoms with Crippen molar-refractivity contribution in [3.05, 3.63) is 35.5 Å². The standard InChI is InChI=1S/C17H24N2O/c1-12-10-13(6-5-9-18)19-16-8-7-14(11-15(12)16)20-17(2,3)4/h7-8,10-11H,5-6,9,18H2,1-4H3. The zero-order valence-corrected chi connectivity index (χ0v) is 12.9. The van der Waals surface area contributed by atoms with Gasteiger partial charge in [-0.1, -0.05) is 0 Å². The Balaban J connectivity index is 2.36. The van der Waals surface area contributed by atoms with Crippen molar-refractivity contribution in [2.24, 2.45) is 5.73 Å². The van der Waals surface area contributed by atoms with Crippen LogP contribution >= 0.6 is 0 Å². The van der Waals surface area contributed by atoms with Crippen LogP contribution in [0.1, 0.15) is 38.4 Å². The minimum absolute atomic E-state index is 0.184. The van der Waals surface area contributed by atoms with Crippen LogP contribution in [-0.4, -0.2) is 17.1 Å². The van der Waals surface area contributed by atoms with Crippen molar-refractivity contribution in [3.63, 3.8) is 0 Å². The van der Waals surface area contributed by atoms with Gasteiger partial charge in [0.25, 0.3) is 0 Å². The molecule has 0 radical (unpaired) electrons. The van der Waals surface area contributed by atoms with E-state index in [1.54, 1.807) is 0 Å². The molecule has 3 nitrogen and oxygen atoms in total. The quantitative estimate of drug-likeness (QED) is 0.925. The molecule has 0 saturated heterocycles. The largest absolute Gasteiger partial charge is 0.488 e. The zero-order valence-electron chi connectivity index (χ0n) is 12.9. The van der Waals surface area contributed by atoms with E-state index in [0.717, 1.165) is 35.2 Å². The molecule has 0 spiro atoms. The predicted molar refractivity (Wildman–Crippen MR) is 84.2 cm³/mol. The number of hydrogen-bond donors (Lipinski definition) is 1. The van der Waals surface area contributed by atoms with Crippen LogP contribution in [0.3, 0.4) is 0 Å². The van der Waals surface area contributed by atoms with Gasteiger partial charge in [-0.05, 0) is 76.9 Å². The molecule has 1 heterocycles. The molecule has 0 bridgehead atoms. The van der Waals surface area contributed by atoms with Gasteiger partial charge in [0, 0.05) is 11.1 Å². The molecule has 0 fully saturated rings. The minimum atomic E-state index is -0.184. The van der Waals surface area contributed by atoms with Crippen LogP contribution in [0.25, 0.3) is 10.9 Å². The highest BCUT2D eigenvalue weighted by Gasteiger charge is 2.12. The van der Waals surface area contributed by atoms with Gasteiger partial charge in [-0.15, -0.1) is 0 Å². The van der Waals surface area contributed by atoms with Gasteiger partial charge in [-0.2, -0.15) is 0 Å². The van der Waals surface area contributed by atoms with E-state index in [1.165, 1.54) is 5.56 Å². The van der Waals surface area contributed by atoms with E-state index in [1.807, 2.05) is 12.1 Å². The van der Waals surface area contributed by atoms with E-state index in [0.29, 0.717) is 6.54 Å². The molecule has 0 unspecified atom stereocenters. The van der Waals surface area contributed by atoms with E-state index in [4.69, 9.17) is 15.5 Å². The molecule has 3 heteroatoms. The summed E-state index contributed by atoms with van der Waals surface area (Å²) in [6, 6.07) is 8.26. The first-order chi connectivity index (χ1) is 9.39. The van der Waals surface area contributed by atoms with Crippen LogP contribution in [0.2, 0.25) is 0 Å². The third-order valence-corrected chi connectivity index (χ3v) is 3.10. The third kappa shape index (κ3) is 3.70. The third-order valence-electron chi connectivity index (χ3n) is 3.10. The molecule has 0 aliphatic rings. The number of rotatable bonds is 4. The first-order valence-corrected chi connectivity index (χ1v) is 7.18. The Morgan fingerprint density at radius 3 is 2.60 bits per heavy atom. The Bertz CT molecular complexity index is 600. The van der Waals surface area contributed by atoms with Crippen molar-refractivity contribution in [1.82, 2.24) is 4.98 Å². The number of hydrogen-bond acceptors (Lipinski definition) is 3. The highest BCUT2D eigenvalue weighted by atomic mass is 16.5. The lowest BCUT2D eigenvalue weighted by atomic mass is 10.1. The van der Waals surface area contributed by atoms with Gasteiger partial charge in [0.05, 0.1) is 5.52 Å². The zero-order chi connectivity index (χ0) is 14.8. The second kappa shape index (κ2) is 5.80. The van der Waals surface area contributed by atoms with Crippen LogP contribution in [-0.2, 0) is 6.42 Å². The number of nitrogens with two attached hydrogens (primary N) is 1. The number of fused-ring (bicyclic) bond motifs is 1. The maximum Gasteiger partial charge on any atom is 0.120 e. The Hall–Kier alpha value is -1.61. The van der Waals surface area contributed by atoms with Gasteiger partial charge in [-0.3, -0.25) is 4.98 Å². The van der Waals surface area contributed by atoms with E-state index >= 15 is 0 Å². The molecule has 0 amide bonds. The second-order valence-corrected chi connectivity index (χ2v) is 6.22. The van der Waals surface area contributed by atoms with Crippen LogP contribution in [0.4, 0.5) is 0 Å². The lowest BCUT2D eigenvalue weighted by molar-refractivity contribution is 0.131. The van der Waals surface area contributed by atoms with E-state index < -0.39 is 0 Å². The normalized spacial score (nSPS) is 11.8. The van der Waals surface area contributed by atoms with Gasteiger partial charge in [-0.25, -0.2) is 0 Å². The molecule has 0 saturated carbocycles. The number of benzene rings is 1. The van der Waals surface area contributed by atoms with Crippen LogP contribution in [0, 0.1) is 6.92 Å². The molecule has 108 valence electrons. The topological polar surface area (TPSA) is 48.1 Å². The predicted octanol–water partition coefficient (Wildman–Crippen LogP) is 3.61. The van der Waals surface area contributed by atoms with Gasteiger partial charge in [0.1, 0.15) is 11.4 Å². The molecule has 2 rings (SSSR count). The van der Waals surface area contributed by atoms with Crippen LogP contribution < -0.4 is 10.5 Å². The summed E-state index contributed by atoms with van der Waals surface area (Å²) in [6.45, 7) is 8.99. The summed E-state index contributed by atoms with van der Waals surface area (Å²) >= 11 is 0. The van der Waals surface area contributed by atoms with Crippen molar-refractivity contribution in [3.8, 4) is 5.75 Å². The van der Waals surface area contributed by atoms with Crippen molar-refractivity contribution >= 4 is 10.9 Å². The molecule has 20 heavy (non-hydrogen) atoms. The fraction of sp³-hybridized carbons (Fsp3) is 0.471. The number of pyridine rings is 1. The first kappa shape index (κ1) is 14.8. The first-order valence-electron chi connectivity index (χ1n) is 7.18. The van der Waals surface area contributed by atoms with Crippen molar-refractivity contribution in [2.45, 2.75) is 46.1 Å². The fourth-order valence-corrected chi connectivity index (χ4v) is 2.27. The summed E-state index contributed by atoms with van der Waals surface area (Å²) in [4.78, 5) is 4.70. The number of ether oxygens (including phenoxy) is 1. The Morgan fingerprint density at radius 1 is 1.20 bits per heavy atom. The lowest BCUT2D eigenvalue weighted by Gasteiger charge is -2.21. The van der Waals surface area contributed by atoms with Crippen molar-refractivity contribution < 1.29 is 4.74 Å². The van der Waals surface area contributed by atoms with Gasteiger partial charge >= 0.3 is 0 Å². The number of aryl methyl sites for hydroxylation is 2. The fourth-order valence-electron chi connectivity index (χ4n) is 2.27. The molecular weight excluding hydrogens is 248 g/mol. The molecule has 1 aromatic heterocycles. The van der Waals surface area contributed by atoms with Crippen LogP contribution in [0.15, 0.2) is 24.3 Å². The second-order valence-electron chi connectivity index (χ2n) is 6.22. The monoisotopic (exact) mass is 272 g/mol. The Morgan fingerprint density at radius 2 is 1.95 bits per heavy atom. The van der Waals surface area contributed by atoms with E-state index in [2.05, 4.69) is 39.8 Å². The molecule has 1 aromatic carbocycles. The summed E-state index contributed by atoms with van der Waals surface area (Å²) < 4.78 is 5.92. The minimum Gasteiger partial charge on any atom is -0.488 e. The lowest BCUT2D eigenvalue weighted by Crippen LogP contribution is -2.22. The molecular formula is C17H24N2O. The van der Waals surface area contributed by atoms with Gasteiger partial charge in [0.15, 0.2) is 0 Å². The smallest absolute Gasteiger partial charge is 0.120 e. The number of nitrogens with zero attached hydrogens (tertiary/aromatic N) is 1. The van der Waals surface area contributed by atoms with Gasteiger partial charge in [0.2, 0.25) is 0 Å². The summed E-state index contributed by atoms with van der Waals surface area (Å²) in [5.41, 5.74) is 8.76. The van der Waals surface area contributed by atoms with Gasteiger partial charge < -0.3 is 10.5 Å². The van der Waals surface area contributed by atoms with E-state index in [9.17, 15) is 0 Å². The average molecular weight is 272 g/mol. The molecule has 0 aliphatic carbocycles. The molecule has 0 aliphatic heterocycles. The summed E-state index contributed by atoms with van der Waals surface area (Å²) in [6.07, 6.45) is 1.91. The maximum absolute atomic E-state index is 5.92. The SMILES string of the molecule is Cc1cc(CCCN)nc2ccc(OC(C)(C)C)cc12. The average Bonchev–Trinajstić information content (AvgIpc) is 2.35. The highest BCUT2D eigenvalue weighted by molar-refractivity contribution is 5.83. The number of aromatic nitrogens is 1. The highest BCUT2D eigenvalue weighted by Crippen LogP contribution is 2.26. The Kier molecular flexibility index (Phi) is 4.29. The summed E-state index contributed by atoms with van der Waals surface area (Å²) in [5, 5.41) is 1.16. The summed E-state index contributed by atoms with van der Waals surface area (Å²) in [7, 11) is 0. The van der Waals surface area contributed by atoms with Crippen molar-refractivity contribution in [1.29, 1.82) is 0 Å². The van der Waals surface area contributed by atoms with Crippen LogP contribution in [0.5, 0.6) is 5.75 Å². The van der Waals surface area contributed by atoms with E-state index in [-0.39, 0.29) is 5.60 Å². The maximum atomic E-state index is 5.92. The van der Waals surface area contributed by atoms with Crippen molar-refractivity contribution in [2.75, 3.05) is 6.54 Å². The molecule has 2 aromatic rings. The Labute approximate surface area is 121 Å².